The third-order valence-corrected chi connectivity index (χ3v) is 3.66. The minimum absolute atomic E-state index is 0.258. The van der Waals surface area contributed by atoms with Crippen LogP contribution >= 0.6 is 27.5 Å². The molecule has 0 fully saturated rings. The van der Waals surface area contributed by atoms with Gasteiger partial charge in [-0.1, -0.05) is 53.5 Å². The van der Waals surface area contributed by atoms with Gasteiger partial charge < -0.3 is 4.90 Å². The molecule has 0 radical (unpaired) electrons. The fraction of sp³-hybridized carbons (Fsp3) is 0.333. The van der Waals surface area contributed by atoms with Crippen molar-refractivity contribution in [1.82, 2.24) is 9.97 Å². The lowest BCUT2D eigenvalue weighted by Crippen LogP contribution is -2.18. The average molecular weight is 355 g/mol. The predicted octanol–water partition coefficient (Wildman–Crippen LogP) is 4.65. The average Bonchev–Trinajstić information content (AvgIpc) is 2.40. The van der Waals surface area contributed by atoms with Gasteiger partial charge in [0.25, 0.3) is 0 Å². The van der Waals surface area contributed by atoms with Crippen molar-refractivity contribution in [1.29, 1.82) is 0 Å². The second-order valence-electron chi connectivity index (χ2n) is 5.04. The Hall–Kier alpha value is -1.13. The Morgan fingerprint density at radius 2 is 1.85 bits per heavy atom. The lowest BCUT2D eigenvalue weighted by Gasteiger charge is -2.19. The largest absolute Gasteiger partial charge is 0.355 e. The number of benzene rings is 1. The summed E-state index contributed by atoms with van der Waals surface area (Å²) >= 11 is 9.52. The molecule has 0 N–H and O–H groups in total. The fourth-order valence-corrected chi connectivity index (χ4v) is 2.27. The van der Waals surface area contributed by atoms with Crippen LogP contribution in [0.25, 0.3) is 0 Å². The van der Waals surface area contributed by atoms with E-state index in [2.05, 4.69) is 56.8 Å². The molecular formula is C15H17BrClN3. The summed E-state index contributed by atoms with van der Waals surface area (Å²) in [6.07, 6.45) is 0. The van der Waals surface area contributed by atoms with Crippen LogP contribution in [0.2, 0.25) is 5.15 Å². The SMILES string of the molecule is CC(C)c1nc(Cl)cc(N(C)Cc2ccc(Br)cc2)n1. The molecule has 0 atom stereocenters. The van der Waals surface area contributed by atoms with E-state index in [0.717, 1.165) is 22.7 Å². The highest BCUT2D eigenvalue weighted by atomic mass is 79.9. The topological polar surface area (TPSA) is 29.0 Å². The Kier molecular flexibility index (Phi) is 5.00. The molecule has 106 valence electrons. The number of hydrogen-bond donors (Lipinski definition) is 0. The van der Waals surface area contributed by atoms with Crippen molar-refractivity contribution in [3.63, 3.8) is 0 Å². The van der Waals surface area contributed by atoms with Crippen LogP contribution < -0.4 is 4.90 Å². The minimum atomic E-state index is 0.258. The first-order valence-electron chi connectivity index (χ1n) is 6.46. The molecule has 0 aliphatic carbocycles. The van der Waals surface area contributed by atoms with E-state index < -0.39 is 0 Å². The molecule has 0 unspecified atom stereocenters. The van der Waals surface area contributed by atoms with Crippen LogP contribution in [0, 0.1) is 0 Å². The van der Waals surface area contributed by atoms with Crippen LogP contribution in [0.3, 0.4) is 0 Å². The first kappa shape index (κ1) is 15.3. The van der Waals surface area contributed by atoms with Gasteiger partial charge >= 0.3 is 0 Å². The Morgan fingerprint density at radius 3 is 2.45 bits per heavy atom. The molecule has 0 bridgehead atoms. The second kappa shape index (κ2) is 6.55. The highest BCUT2D eigenvalue weighted by Crippen LogP contribution is 2.21. The first-order chi connectivity index (χ1) is 9.45. The van der Waals surface area contributed by atoms with Crippen LogP contribution in [-0.2, 0) is 6.54 Å². The van der Waals surface area contributed by atoms with E-state index in [1.165, 1.54) is 5.56 Å². The highest BCUT2D eigenvalue weighted by molar-refractivity contribution is 9.10. The van der Waals surface area contributed by atoms with Crippen molar-refractivity contribution in [2.24, 2.45) is 0 Å². The first-order valence-corrected chi connectivity index (χ1v) is 7.63. The van der Waals surface area contributed by atoms with Crippen molar-refractivity contribution < 1.29 is 0 Å². The summed E-state index contributed by atoms with van der Waals surface area (Å²) in [6, 6.07) is 10.1. The molecular weight excluding hydrogens is 338 g/mol. The molecule has 20 heavy (non-hydrogen) atoms. The van der Waals surface area contributed by atoms with E-state index in [9.17, 15) is 0 Å². The van der Waals surface area contributed by atoms with Gasteiger partial charge in [0.15, 0.2) is 0 Å². The zero-order valence-corrected chi connectivity index (χ0v) is 14.1. The van der Waals surface area contributed by atoms with Crippen LogP contribution in [0.15, 0.2) is 34.8 Å². The summed E-state index contributed by atoms with van der Waals surface area (Å²) in [4.78, 5) is 10.9. The van der Waals surface area contributed by atoms with Crippen LogP contribution in [-0.4, -0.2) is 17.0 Å². The highest BCUT2D eigenvalue weighted by Gasteiger charge is 2.10. The number of rotatable bonds is 4. The Labute approximate surface area is 133 Å². The number of halogens is 2. The van der Waals surface area contributed by atoms with Gasteiger partial charge in [-0.05, 0) is 17.7 Å². The lowest BCUT2D eigenvalue weighted by molar-refractivity contribution is 0.762. The minimum Gasteiger partial charge on any atom is -0.355 e. The van der Waals surface area contributed by atoms with Crippen molar-refractivity contribution in [2.75, 3.05) is 11.9 Å². The van der Waals surface area contributed by atoms with Crippen molar-refractivity contribution >= 4 is 33.3 Å². The van der Waals surface area contributed by atoms with E-state index in [1.54, 1.807) is 6.07 Å². The Balaban J connectivity index is 2.20. The monoisotopic (exact) mass is 353 g/mol. The number of hydrogen-bond acceptors (Lipinski definition) is 3. The molecule has 2 aromatic rings. The molecule has 0 amide bonds. The number of aromatic nitrogens is 2. The molecule has 2 rings (SSSR count). The quantitative estimate of drug-likeness (QED) is 0.748. The molecule has 1 heterocycles. The predicted molar refractivity (Wildman–Crippen MR) is 87.4 cm³/mol. The van der Waals surface area contributed by atoms with E-state index in [1.807, 2.05) is 19.2 Å². The number of nitrogens with zero attached hydrogens (tertiary/aromatic N) is 3. The molecule has 0 saturated carbocycles. The van der Waals surface area contributed by atoms with Crippen molar-refractivity contribution in [2.45, 2.75) is 26.3 Å². The maximum Gasteiger partial charge on any atom is 0.135 e. The summed E-state index contributed by atoms with van der Waals surface area (Å²) in [7, 11) is 2.00. The van der Waals surface area contributed by atoms with Gasteiger partial charge in [-0.25, -0.2) is 9.97 Å². The molecule has 5 heteroatoms. The van der Waals surface area contributed by atoms with Crippen molar-refractivity contribution in [3.05, 3.63) is 51.3 Å². The molecule has 0 spiro atoms. The standard InChI is InChI=1S/C15H17BrClN3/c1-10(2)15-18-13(17)8-14(19-15)20(3)9-11-4-6-12(16)7-5-11/h4-8,10H,9H2,1-3H3. The maximum absolute atomic E-state index is 6.08. The van der Waals surface area contributed by atoms with Gasteiger partial charge in [0.2, 0.25) is 0 Å². The van der Waals surface area contributed by atoms with E-state index in [4.69, 9.17) is 11.6 Å². The molecule has 1 aromatic carbocycles. The van der Waals surface area contributed by atoms with Crippen LogP contribution in [0.5, 0.6) is 0 Å². The zero-order valence-electron chi connectivity index (χ0n) is 11.8. The fourth-order valence-electron chi connectivity index (χ4n) is 1.82. The number of anilines is 1. The summed E-state index contributed by atoms with van der Waals surface area (Å²) in [6.45, 7) is 4.90. The zero-order chi connectivity index (χ0) is 14.7. The molecule has 0 aliphatic heterocycles. The normalized spacial score (nSPS) is 10.9. The lowest BCUT2D eigenvalue weighted by atomic mass is 10.2. The van der Waals surface area contributed by atoms with Crippen LogP contribution in [0.4, 0.5) is 5.82 Å². The van der Waals surface area contributed by atoms with Gasteiger partial charge in [-0.15, -0.1) is 0 Å². The Morgan fingerprint density at radius 1 is 1.20 bits per heavy atom. The van der Waals surface area contributed by atoms with E-state index >= 15 is 0 Å². The van der Waals surface area contributed by atoms with Gasteiger partial charge in [-0.3, -0.25) is 0 Å². The summed E-state index contributed by atoms with van der Waals surface area (Å²) in [5, 5.41) is 0.487. The Bertz CT molecular complexity index is 584. The maximum atomic E-state index is 6.08. The van der Waals surface area contributed by atoms with Gasteiger partial charge in [0.1, 0.15) is 16.8 Å². The van der Waals surface area contributed by atoms with E-state index in [0.29, 0.717) is 5.15 Å². The van der Waals surface area contributed by atoms with Gasteiger partial charge in [0.05, 0.1) is 0 Å². The molecule has 0 aliphatic rings. The summed E-state index contributed by atoms with van der Waals surface area (Å²) in [5.74, 6) is 1.88. The second-order valence-corrected chi connectivity index (χ2v) is 6.35. The van der Waals surface area contributed by atoms with Gasteiger partial charge in [0, 0.05) is 30.0 Å². The third kappa shape index (κ3) is 3.93. The summed E-state index contributed by atoms with van der Waals surface area (Å²) < 4.78 is 1.08. The molecule has 0 saturated heterocycles. The summed E-state index contributed by atoms with van der Waals surface area (Å²) in [5.41, 5.74) is 1.22. The van der Waals surface area contributed by atoms with Crippen LogP contribution in [0.1, 0.15) is 31.2 Å². The van der Waals surface area contributed by atoms with Gasteiger partial charge in [-0.2, -0.15) is 0 Å². The third-order valence-electron chi connectivity index (χ3n) is 2.94. The van der Waals surface area contributed by atoms with E-state index in [-0.39, 0.29) is 5.92 Å². The molecule has 1 aromatic heterocycles. The molecule has 3 nitrogen and oxygen atoms in total. The smallest absolute Gasteiger partial charge is 0.135 e. The van der Waals surface area contributed by atoms with Crippen molar-refractivity contribution in [3.8, 4) is 0 Å².